The van der Waals surface area contributed by atoms with Crippen molar-refractivity contribution in [1.82, 2.24) is 14.5 Å². The summed E-state index contributed by atoms with van der Waals surface area (Å²) in [6.07, 6.45) is 0. The summed E-state index contributed by atoms with van der Waals surface area (Å²) in [6, 6.07) is 17.4. The minimum absolute atomic E-state index is 0.365. The summed E-state index contributed by atoms with van der Waals surface area (Å²) in [7, 11) is 0. The molecule has 2 aromatic heterocycles. The highest BCUT2D eigenvalue weighted by molar-refractivity contribution is 9.10. The number of rotatable bonds is 4. The Morgan fingerprint density at radius 3 is 1.97 bits per heavy atom. The number of imidazole rings is 1. The van der Waals surface area contributed by atoms with E-state index in [4.69, 9.17) is 9.97 Å². The quantitative estimate of drug-likeness (QED) is 0.311. The Morgan fingerprint density at radius 2 is 1.40 bits per heavy atom. The molecule has 0 radical (unpaired) electrons. The van der Waals surface area contributed by atoms with Gasteiger partial charge in [-0.25, -0.2) is 4.98 Å². The number of nitrogens with zero attached hydrogens (tertiary/aromatic N) is 3. The maximum Gasteiger partial charge on any atom is 0.182 e. The fourth-order valence-electron chi connectivity index (χ4n) is 4.22. The summed E-state index contributed by atoms with van der Waals surface area (Å²) in [6.45, 7) is 13.1. The van der Waals surface area contributed by atoms with Crippen molar-refractivity contribution < 1.29 is 0 Å². The fourth-order valence-corrected chi connectivity index (χ4v) is 4.77. The van der Waals surface area contributed by atoms with Crippen molar-refractivity contribution in [2.24, 2.45) is 0 Å². The summed E-state index contributed by atoms with van der Waals surface area (Å²) < 4.78 is 3.08. The molecule has 2 heterocycles. The number of aryl methyl sites for hydroxylation is 2. The molecule has 30 heavy (non-hydrogen) atoms. The van der Waals surface area contributed by atoms with Crippen LogP contribution < -0.4 is 0 Å². The standard InChI is InChI=1S/C26H28BrN3/c1-15(2)21-13-20(19-10-8-7-9-11-19)14-22(16(3)4)25(21)30-24-18(6)28-17(5)12-23(24)29-26(30)27/h7-16H,1-6H3. The first-order valence-electron chi connectivity index (χ1n) is 10.5. The largest absolute Gasteiger partial charge is 0.285 e. The Hall–Kier alpha value is -2.46. The van der Waals surface area contributed by atoms with Gasteiger partial charge < -0.3 is 0 Å². The molecule has 4 heteroatoms. The SMILES string of the molecule is Cc1cc2nc(Br)n(-c3c(C(C)C)cc(-c4ccccc4)cc3C(C)C)c2c(C)n1. The summed E-state index contributed by atoms with van der Waals surface area (Å²) in [5, 5.41) is 0. The van der Waals surface area contributed by atoms with Gasteiger partial charge in [0, 0.05) is 5.69 Å². The Bertz CT molecular complexity index is 1190. The fraction of sp³-hybridized carbons (Fsp3) is 0.308. The maximum atomic E-state index is 4.83. The Morgan fingerprint density at radius 1 is 0.800 bits per heavy atom. The van der Waals surface area contributed by atoms with E-state index in [2.05, 4.69) is 104 Å². The lowest BCUT2D eigenvalue weighted by atomic mass is 9.88. The van der Waals surface area contributed by atoms with Crippen LogP contribution in [-0.4, -0.2) is 14.5 Å². The molecule has 0 saturated carbocycles. The molecule has 0 unspecified atom stereocenters. The number of fused-ring (bicyclic) bond motifs is 1. The molecule has 0 aliphatic carbocycles. The van der Waals surface area contributed by atoms with Gasteiger partial charge in [-0.2, -0.15) is 0 Å². The highest BCUT2D eigenvalue weighted by Gasteiger charge is 2.23. The zero-order valence-electron chi connectivity index (χ0n) is 18.5. The van der Waals surface area contributed by atoms with E-state index in [0.29, 0.717) is 11.8 Å². The minimum atomic E-state index is 0.365. The van der Waals surface area contributed by atoms with E-state index < -0.39 is 0 Å². The highest BCUT2D eigenvalue weighted by Crippen LogP contribution is 2.39. The van der Waals surface area contributed by atoms with E-state index in [1.165, 1.54) is 27.9 Å². The van der Waals surface area contributed by atoms with Crippen LogP contribution in [0.1, 0.15) is 62.0 Å². The first-order chi connectivity index (χ1) is 14.3. The molecule has 0 aliphatic rings. The smallest absolute Gasteiger partial charge is 0.182 e. The number of pyridine rings is 1. The maximum absolute atomic E-state index is 4.83. The number of aromatic nitrogens is 3. The predicted molar refractivity (Wildman–Crippen MR) is 130 cm³/mol. The molecule has 0 aliphatic heterocycles. The van der Waals surface area contributed by atoms with E-state index in [9.17, 15) is 0 Å². The van der Waals surface area contributed by atoms with Crippen molar-refractivity contribution in [3.8, 4) is 16.8 Å². The lowest BCUT2D eigenvalue weighted by Crippen LogP contribution is -2.09. The van der Waals surface area contributed by atoms with Gasteiger partial charge in [0.25, 0.3) is 0 Å². The van der Waals surface area contributed by atoms with Crippen molar-refractivity contribution in [3.05, 3.63) is 75.8 Å². The van der Waals surface area contributed by atoms with Crippen LogP contribution in [0.15, 0.2) is 53.3 Å². The van der Waals surface area contributed by atoms with Crippen molar-refractivity contribution in [1.29, 1.82) is 0 Å². The van der Waals surface area contributed by atoms with E-state index in [1.54, 1.807) is 0 Å². The van der Waals surface area contributed by atoms with Gasteiger partial charge in [0.15, 0.2) is 4.73 Å². The molecule has 4 rings (SSSR count). The van der Waals surface area contributed by atoms with Crippen LogP contribution >= 0.6 is 15.9 Å². The third kappa shape index (κ3) is 3.58. The normalized spacial score (nSPS) is 11.8. The molecule has 2 aromatic carbocycles. The van der Waals surface area contributed by atoms with Crippen molar-refractivity contribution in [2.75, 3.05) is 0 Å². The summed E-state index contributed by atoms with van der Waals surface area (Å²) in [4.78, 5) is 9.57. The lowest BCUT2D eigenvalue weighted by molar-refractivity contribution is 0.805. The Balaban J connectivity index is 2.10. The first kappa shape index (κ1) is 20.8. The third-order valence-corrected chi connectivity index (χ3v) is 6.17. The average molecular weight is 462 g/mol. The molecule has 0 saturated heterocycles. The molecule has 0 atom stereocenters. The molecule has 0 amide bonds. The van der Waals surface area contributed by atoms with E-state index in [0.717, 1.165) is 27.2 Å². The number of hydrogen-bond acceptors (Lipinski definition) is 2. The topological polar surface area (TPSA) is 30.7 Å². The molecule has 154 valence electrons. The molecule has 0 spiro atoms. The van der Waals surface area contributed by atoms with Crippen molar-refractivity contribution >= 4 is 27.0 Å². The molecule has 3 nitrogen and oxygen atoms in total. The van der Waals surface area contributed by atoms with E-state index in [1.807, 2.05) is 6.92 Å². The van der Waals surface area contributed by atoms with Crippen LogP contribution in [0, 0.1) is 13.8 Å². The van der Waals surface area contributed by atoms with Crippen LogP contribution in [0.2, 0.25) is 0 Å². The van der Waals surface area contributed by atoms with Crippen LogP contribution in [0.3, 0.4) is 0 Å². The van der Waals surface area contributed by atoms with Gasteiger partial charge in [-0.3, -0.25) is 9.55 Å². The number of benzene rings is 2. The second-order valence-electron chi connectivity index (χ2n) is 8.61. The van der Waals surface area contributed by atoms with Crippen molar-refractivity contribution in [2.45, 2.75) is 53.4 Å². The summed E-state index contributed by atoms with van der Waals surface area (Å²) >= 11 is 3.76. The lowest BCUT2D eigenvalue weighted by Gasteiger charge is -2.23. The first-order valence-corrected chi connectivity index (χ1v) is 11.3. The monoisotopic (exact) mass is 461 g/mol. The average Bonchev–Trinajstić information content (AvgIpc) is 3.03. The molecule has 4 aromatic rings. The van der Waals surface area contributed by atoms with Gasteiger partial charge in [-0.05, 0) is 82.1 Å². The molecule has 0 N–H and O–H groups in total. The summed E-state index contributed by atoms with van der Waals surface area (Å²) in [5.41, 5.74) is 10.4. The Kier molecular flexibility index (Phi) is 5.54. The molecule has 0 fully saturated rings. The van der Waals surface area contributed by atoms with E-state index in [-0.39, 0.29) is 0 Å². The van der Waals surface area contributed by atoms with Gasteiger partial charge >= 0.3 is 0 Å². The van der Waals surface area contributed by atoms with Gasteiger partial charge in [-0.15, -0.1) is 0 Å². The van der Waals surface area contributed by atoms with Crippen LogP contribution in [-0.2, 0) is 0 Å². The third-order valence-electron chi connectivity index (χ3n) is 5.64. The zero-order valence-corrected chi connectivity index (χ0v) is 20.1. The molecular formula is C26H28BrN3. The van der Waals surface area contributed by atoms with Crippen LogP contribution in [0.25, 0.3) is 27.8 Å². The molecule has 0 bridgehead atoms. The van der Waals surface area contributed by atoms with Gasteiger partial charge in [0.05, 0.1) is 22.4 Å². The van der Waals surface area contributed by atoms with Crippen LogP contribution in [0.5, 0.6) is 0 Å². The van der Waals surface area contributed by atoms with Crippen LogP contribution in [0.4, 0.5) is 0 Å². The minimum Gasteiger partial charge on any atom is -0.285 e. The number of halogens is 1. The van der Waals surface area contributed by atoms with Gasteiger partial charge in [-0.1, -0.05) is 58.0 Å². The van der Waals surface area contributed by atoms with Crippen molar-refractivity contribution in [3.63, 3.8) is 0 Å². The second kappa shape index (κ2) is 7.99. The highest BCUT2D eigenvalue weighted by atomic mass is 79.9. The van der Waals surface area contributed by atoms with Gasteiger partial charge in [0.1, 0.15) is 0 Å². The van der Waals surface area contributed by atoms with E-state index >= 15 is 0 Å². The molecular weight excluding hydrogens is 434 g/mol. The Labute approximate surface area is 187 Å². The van der Waals surface area contributed by atoms with Gasteiger partial charge in [0.2, 0.25) is 0 Å². The number of hydrogen-bond donors (Lipinski definition) is 0. The zero-order chi connectivity index (χ0) is 21.6. The predicted octanol–water partition coefficient (Wildman–Crippen LogP) is 7.71. The second-order valence-corrected chi connectivity index (χ2v) is 9.32. The summed E-state index contributed by atoms with van der Waals surface area (Å²) in [5.74, 6) is 0.730.